The highest BCUT2D eigenvalue weighted by molar-refractivity contribution is 5.77. The maximum atomic E-state index is 11.7. The van der Waals surface area contributed by atoms with E-state index in [4.69, 9.17) is 14.0 Å². The van der Waals surface area contributed by atoms with Gasteiger partial charge in [-0.25, -0.2) is 0 Å². The molecule has 0 saturated carbocycles. The molecule has 2 aromatic rings. The van der Waals surface area contributed by atoms with E-state index in [1.54, 1.807) is 32.4 Å². The number of hydrogen-bond donors (Lipinski definition) is 1. The summed E-state index contributed by atoms with van der Waals surface area (Å²) >= 11 is 0. The molecule has 0 bridgehead atoms. The van der Waals surface area contributed by atoms with Crippen LogP contribution in [0.2, 0.25) is 0 Å². The van der Waals surface area contributed by atoms with Crippen LogP contribution in [0.4, 0.5) is 0 Å². The van der Waals surface area contributed by atoms with E-state index in [-0.39, 0.29) is 12.5 Å². The minimum atomic E-state index is -0.413. The summed E-state index contributed by atoms with van der Waals surface area (Å²) in [6.45, 7) is 2.51. The molecule has 0 unspecified atom stereocenters. The van der Waals surface area contributed by atoms with E-state index in [1.165, 1.54) is 0 Å². The van der Waals surface area contributed by atoms with Crippen LogP contribution in [0.3, 0.4) is 0 Å². The van der Waals surface area contributed by atoms with E-state index < -0.39 is 6.04 Å². The average Bonchev–Trinajstić information content (AvgIpc) is 3.02. The lowest BCUT2D eigenvalue weighted by Gasteiger charge is -2.09. The van der Waals surface area contributed by atoms with Crippen molar-refractivity contribution in [3.05, 3.63) is 30.3 Å². The molecule has 0 radical (unpaired) electrons. The number of rotatable bonds is 8. The van der Waals surface area contributed by atoms with Crippen molar-refractivity contribution in [1.82, 2.24) is 20.4 Å². The molecule has 1 atom stereocenters. The van der Waals surface area contributed by atoms with Crippen LogP contribution in [0.1, 0.15) is 18.9 Å². The molecule has 0 aliphatic heterocycles. The Labute approximate surface area is 127 Å². The topological polar surface area (TPSA) is 99.4 Å². The van der Waals surface area contributed by atoms with Gasteiger partial charge in [0, 0.05) is 13.3 Å². The number of carbonyl (C=O) groups excluding carboxylic acids is 1. The molecule has 0 aromatic carbocycles. The third-order valence-electron chi connectivity index (χ3n) is 2.75. The Bertz CT molecular complexity index is 588. The number of nitrogens with one attached hydrogen (secondary N) is 1. The van der Waals surface area contributed by atoms with Gasteiger partial charge in [-0.1, -0.05) is 11.2 Å². The monoisotopic (exact) mass is 306 g/mol. The fourth-order valence-electron chi connectivity index (χ4n) is 1.66. The zero-order chi connectivity index (χ0) is 15.8. The normalized spacial score (nSPS) is 12.1. The van der Waals surface area contributed by atoms with Gasteiger partial charge in [0.05, 0.1) is 13.2 Å². The van der Waals surface area contributed by atoms with Crippen molar-refractivity contribution < 1.29 is 18.8 Å². The van der Waals surface area contributed by atoms with Gasteiger partial charge in [0.25, 0.3) is 0 Å². The third-order valence-corrected chi connectivity index (χ3v) is 2.75. The van der Waals surface area contributed by atoms with Crippen LogP contribution in [-0.2, 0) is 14.3 Å². The van der Waals surface area contributed by atoms with Crippen LogP contribution in [0.5, 0.6) is 0 Å². The Kier molecular flexibility index (Phi) is 5.99. The second kappa shape index (κ2) is 8.20. The molecule has 8 nitrogen and oxygen atoms in total. The number of carbonyl (C=O) groups is 1. The summed E-state index contributed by atoms with van der Waals surface area (Å²) in [6.07, 6.45) is 1.65. The number of amides is 1. The SMILES string of the molecule is COCCOCC(=O)N[C@H](C)c1nc(-c2ccccn2)no1. The van der Waals surface area contributed by atoms with E-state index in [2.05, 4.69) is 20.4 Å². The van der Waals surface area contributed by atoms with Crippen molar-refractivity contribution >= 4 is 5.91 Å². The molecule has 2 rings (SSSR count). The van der Waals surface area contributed by atoms with Gasteiger partial charge < -0.3 is 19.3 Å². The van der Waals surface area contributed by atoms with Crippen LogP contribution in [-0.4, -0.2) is 48.0 Å². The first kappa shape index (κ1) is 16.1. The van der Waals surface area contributed by atoms with E-state index >= 15 is 0 Å². The first-order valence-electron chi connectivity index (χ1n) is 6.81. The van der Waals surface area contributed by atoms with Gasteiger partial charge in [-0.2, -0.15) is 4.98 Å². The Hall–Kier alpha value is -2.32. The van der Waals surface area contributed by atoms with Gasteiger partial charge >= 0.3 is 0 Å². The van der Waals surface area contributed by atoms with Gasteiger partial charge in [-0.3, -0.25) is 9.78 Å². The van der Waals surface area contributed by atoms with E-state index in [0.29, 0.717) is 30.6 Å². The summed E-state index contributed by atoms with van der Waals surface area (Å²) in [5, 5.41) is 6.57. The predicted molar refractivity (Wildman–Crippen MR) is 76.8 cm³/mol. The Balaban J connectivity index is 1.86. The van der Waals surface area contributed by atoms with Crippen LogP contribution < -0.4 is 5.32 Å². The molecule has 8 heteroatoms. The molecular weight excluding hydrogens is 288 g/mol. The third kappa shape index (κ3) is 4.61. The lowest BCUT2D eigenvalue weighted by atomic mass is 10.3. The molecule has 0 fully saturated rings. The summed E-state index contributed by atoms with van der Waals surface area (Å²) in [6, 6.07) is 5.00. The van der Waals surface area contributed by atoms with E-state index in [0.717, 1.165) is 0 Å². The highest BCUT2D eigenvalue weighted by atomic mass is 16.5. The van der Waals surface area contributed by atoms with Crippen LogP contribution >= 0.6 is 0 Å². The Morgan fingerprint density at radius 1 is 1.41 bits per heavy atom. The van der Waals surface area contributed by atoms with Crippen LogP contribution in [0, 0.1) is 0 Å². The minimum Gasteiger partial charge on any atom is -0.382 e. The maximum Gasteiger partial charge on any atom is 0.249 e. The van der Waals surface area contributed by atoms with Gasteiger partial charge in [-0.05, 0) is 19.1 Å². The lowest BCUT2D eigenvalue weighted by Crippen LogP contribution is -2.30. The average molecular weight is 306 g/mol. The number of ether oxygens (including phenoxy) is 2. The number of pyridine rings is 1. The summed E-state index contributed by atoms with van der Waals surface area (Å²) in [5.41, 5.74) is 0.610. The lowest BCUT2D eigenvalue weighted by molar-refractivity contribution is -0.126. The molecule has 0 aliphatic carbocycles. The molecule has 118 valence electrons. The van der Waals surface area contributed by atoms with E-state index in [9.17, 15) is 4.79 Å². The number of aromatic nitrogens is 3. The molecular formula is C14H18N4O4. The fourth-order valence-corrected chi connectivity index (χ4v) is 1.66. The molecule has 0 spiro atoms. The molecule has 22 heavy (non-hydrogen) atoms. The zero-order valence-corrected chi connectivity index (χ0v) is 12.5. The molecule has 0 aliphatic rings. The highest BCUT2D eigenvalue weighted by Crippen LogP contribution is 2.16. The number of nitrogens with zero attached hydrogens (tertiary/aromatic N) is 3. The zero-order valence-electron chi connectivity index (χ0n) is 12.5. The van der Waals surface area contributed by atoms with Gasteiger partial charge in [0.1, 0.15) is 18.3 Å². The second-order valence-corrected chi connectivity index (χ2v) is 4.51. The quantitative estimate of drug-likeness (QED) is 0.725. The van der Waals surface area contributed by atoms with Crippen LogP contribution in [0.25, 0.3) is 11.5 Å². The maximum absolute atomic E-state index is 11.7. The number of methoxy groups -OCH3 is 1. The highest BCUT2D eigenvalue weighted by Gasteiger charge is 2.17. The van der Waals surface area contributed by atoms with Crippen molar-refractivity contribution in [3.8, 4) is 11.5 Å². The first-order valence-corrected chi connectivity index (χ1v) is 6.81. The van der Waals surface area contributed by atoms with Crippen molar-refractivity contribution in [2.75, 3.05) is 26.9 Å². The van der Waals surface area contributed by atoms with Gasteiger partial charge in [0.15, 0.2) is 0 Å². The number of hydrogen-bond acceptors (Lipinski definition) is 7. The predicted octanol–water partition coefficient (Wildman–Crippen LogP) is 0.972. The van der Waals surface area contributed by atoms with Gasteiger partial charge in [-0.15, -0.1) is 0 Å². The largest absolute Gasteiger partial charge is 0.382 e. The fraction of sp³-hybridized carbons (Fsp3) is 0.429. The summed E-state index contributed by atoms with van der Waals surface area (Å²) in [7, 11) is 1.57. The van der Waals surface area contributed by atoms with Gasteiger partial charge in [0.2, 0.25) is 17.6 Å². The molecule has 2 heterocycles. The summed E-state index contributed by atoms with van der Waals surface area (Å²) < 4.78 is 15.1. The molecule has 1 N–H and O–H groups in total. The molecule has 2 aromatic heterocycles. The Morgan fingerprint density at radius 2 is 2.27 bits per heavy atom. The van der Waals surface area contributed by atoms with Crippen molar-refractivity contribution in [1.29, 1.82) is 0 Å². The molecule has 1 amide bonds. The van der Waals surface area contributed by atoms with Crippen molar-refractivity contribution in [2.24, 2.45) is 0 Å². The standard InChI is InChI=1S/C14H18N4O4/c1-10(16-12(19)9-21-8-7-20-2)14-17-13(18-22-14)11-5-3-4-6-15-11/h3-6,10H,7-9H2,1-2H3,(H,16,19)/t10-/m1/s1. The smallest absolute Gasteiger partial charge is 0.249 e. The van der Waals surface area contributed by atoms with E-state index in [1.807, 2.05) is 6.07 Å². The summed E-state index contributed by atoms with van der Waals surface area (Å²) in [4.78, 5) is 20.1. The van der Waals surface area contributed by atoms with Crippen LogP contribution in [0.15, 0.2) is 28.9 Å². The first-order chi connectivity index (χ1) is 10.7. The molecule has 0 saturated heterocycles. The Morgan fingerprint density at radius 3 is 3.00 bits per heavy atom. The van der Waals surface area contributed by atoms with Crippen molar-refractivity contribution in [2.45, 2.75) is 13.0 Å². The second-order valence-electron chi connectivity index (χ2n) is 4.51. The minimum absolute atomic E-state index is 0.0467. The van der Waals surface area contributed by atoms with Crippen molar-refractivity contribution in [3.63, 3.8) is 0 Å². The summed E-state index contributed by atoms with van der Waals surface area (Å²) in [5.74, 6) is 0.431.